The van der Waals surface area contributed by atoms with E-state index in [2.05, 4.69) is 117 Å². The lowest BCUT2D eigenvalue weighted by atomic mass is 9.55. The zero-order chi connectivity index (χ0) is 33.3. The van der Waals surface area contributed by atoms with Crippen molar-refractivity contribution in [2.75, 3.05) is 0 Å². The molecule has 0 radical (unpaired) electrons. The van der Waals surface area contributed by atoms with Crippen molar-refractivity contribution in [3.63, 3.8) is 0 Å². The largest absolute Gasteiger partial charge is 0.309 e. The molecular weight excluding hydrogens is 597 g/mol. The van der Waals surface area contributed by atoms with E-state index in [1.54, 1.807) is 0 Å². The van der Waals surface area contributed by atoms with E-state index in [1.807, 2.05) is 60.7 Å². The van der Waals surface area contributed by atoms with Crippen LogP contribution in [0.1, 0.15) is 38.8 Å². The first-order valence-electron chi connectivity index (χ1n) is 17.0. The van der Waals surface area contributed by atoms with Gasteiger partial charge in [-0.25, -0.2) is 15.0 Å². The SMILES string of the molecule is CC1(C)c2ccccc2-c2ccc3c4ccccc4n(-c4ccc(-c5nc(-c6ccccc6)nc(-c6ccccc6)n5)cc4)c3c2C1(C)C. The monoisotopic (exact) mass is 632 g/mol. The van der Waals surface area contributed by atoms with Gasteiger partial charge >= 0.3 is 0 Å². The highest BCUT2D eigenvalue weighted by molar-refractivity contribution is 6.12. The fourth-order valence-electron chi connectivity index (χ4n) is 7.79. The number of aromatic nitrogens is 4. The van der Waals surface area contributed by atoms with Crippen molar-refractivity contribution < 1.29 is 0 Å². The second-order valence-corrected chi connectivity index (χ2v) is 14.1. The van der Waals surface area contributed by atoms with Crippen LogP contribution in [-0.2, 0) is 10.8 Å². The molecule has 0 saturated heterocycles. The third-order valence-corrected chi connectivity index (χ3v) is 11.0. The van der Waals surface area contributed by atoms with Gasteiger partial charge in [0.1, 0.15) is 0 Å². The van der Waals surface area contributed by atoms with Gasteiger partial charge in [-0.2, -0.15) is 0 Å². The molecule has 6 aromatic carbocycles. The van der Waals surface area contributed by atoms with Gasteiger partial charge in [0.05, 0.1) is 11.0 Å². The van der Waals surface area contributed by atoms with E-state index in [0.29, 0.717) is 17.5 Å². The van der Waals surface area contributed by atoms with Gasteiger partial charge in [-0.1, -0.05) is 143 Å². The van der Waals surface area contributed by atoms with Crippen molar-refractivity contribution in [2.45, 2.75) is 38.5 Å². The van der Waals surface area contributed by atoms with Crippen molar-refractivity contribution >= 4 is 21.8 Å². The van der Waals surface area contributed by atoms with E-state index in [9.17, 15) is 0 Å². The van der Waals surface area contributed by atoms with Crippen LogP contribution in [0.2, 0.25) is 0 Å². The molecule has 8 aromatic rings. The van der Waals surface area contributed by atoms with Gasteiger partial charge in [-0.3, -0.25) is 0 Å². The van der Waals surface area contributed by atoms with E-state index in [4.69, 9.17) is 15.0 Å². The molecule has 4 heteroatoms. The lowest BCUT2D eigenvalue weighted by Gasteiger charge is -2.48. The predicted octanol–water partition coefficient (Wildman–Crippen LogP) is 11.2. The van der Waals surface area contributed by atoms with Crippen LogP contribution >= 0.6 is 0 Å². The molecule has 1 aliphatic rings. The summed E-state index contributed by atoms with van der Waals surface area (Å²) < 4.78 is 2.47. The minimum atomic E-state index is -0.144. The van der Waals surface area contributed by atoms with Gasteiger partial charge in [0.2, 0.25) is 0 Å². The molecule has 49 heavy (non-hydrogen) atoms. The Hall–Kier alpha value is -5.87. The number of benzene rings is 6. The Morgan fingerprint density at radius 3 is 1.59 bits per heavy atom. The van der Waals surface area contributed by atoms with Crippen LogP contribution in [0.3, 0.4) is 0 Å². The van der Waals surface area contributed by atoms with Crippen LogP contribution in [0.15, 0.2) is 146 Å². The molecule has 0 spiro atoms. The average Bonchev–Trinajstić information content (AvgIpc) is 3.49. The van der Waals surface area contributed by atoms with Gasteiger partial charge < -0.3 is 4.57 Å². The molecule has 0 saturated carbocycles. The molecule has 4 nitrogen and oxygen atoms in total. The Morgan fingerprint density at radius 2 is 0.959 bits per heavy atom. The first-order valence-corrected chi connectivity index (χ1v) is 17.0. The fraction of sp³-hybridized carbons (Fsp3) is 0.133. The summed E-state index contributed by atoms with van der Waals surface area (Å²) >= 11 is 0. The van der Waals surface area contributed by atoms with Crippen molar-refractivity contribution in [2.24, 2.45) is 0 Å². The molecule has 9 rings (SSSR count). The standard InChI is InChI=1S/C45H36N4/c1-44(2)37-21-13-11-19-33(37)35-27-28-36-34-20-12-14-22-38(34)49(40(36)39(35)45(44,3)4)32-25-23-31(24-26-32)43-47-41(29-15-7-5-8-16-29)46-42(48-43)30-17-9-6-10-18-30/h5-28H,1-4H3. The predicted molar refractivity (Wildman–Crippen MR) is 202 cm³/mol. The number of fused-ring (bicyclic) bond motifs is 7. The molecule has 0 unspecified atom stereocenters. The van der Waals surface area contributed by atoms with Crippen LogP contribution in [0.25, 0.3) is 72.8 Å². The highest BCUT2D eigenvalue weighted by Crippen LogP contribution is 2.56. The molecule has 2 heterocycles. The van der Waals surface area contributed by atoms with E-state index < -0.39 is 0 Å². The molecule has 0 aliphatic heterocycles. The normalized spacial score (nSPS) is 14.4. The third-order valence-electron chi connectivity index (χ3n) is 11.0. The summed E-state index contributed by atoms with van der Waals surface area (Å²) in [5.74, 6) is 1.97. The smallest absolute Gasteiger partial charge is 0.164 e. The summed E-state index contributed by atoms with van der Waals surface area (Å²) in [6.07, 6.45) is 0. The van der Waals surface area contributed by atoms with Gasteiger partial charge in [0.15, 0.2) is 17.5 Å². The summed E-state index contributed by atoms with van der Waals surface area (Å²) in [6, 6.07) is 51.4. The number of hydrogen-bond acceptors (Lipinski definition) is 3. The maximum Gasteiger partial charge on any atom is 0.164 e. The quantitative estimate of drug-likeness (QED) is 0.194. The molecule has 236 valence electrons. The molecule has 2 aromatic heterocycles. The van der Waals surface area contributed by atoms with E-state index in [-0.39, 0.29) is 10.8 Å². The second kappa shape index (κ2) is 10.8. The zero-order valence-corrected chi connectivity index (χ0v) is 28.1. The first kappa shape index (κ1) is 29.3. The fourth-order valence-corrected chi connectivity index (χ4v) is 7.79. The highest BCUT2D eigenvalue weighted by atomic mass is 15.0. The summed E-state index contributed by atoms with van der Waals surface area (Å²) in [6.45, 7) is 9.64. The number of para-hydroxylation sites is 1. The maximum absolute atomic E-state index is 4.98. The van der Waals surface area contributed by atoms with Crippen LogP contribution in [0, 0.1) is 0 Å². The lowest BCUT2D eigenvalue weighted by Crippen LogP contribution is -2.43. The van der Waals surface area contributed by atoms with Crippen molar-refractivity contribution in [3.8, 4) is 51.0 Å². The second-order valence-electron chi connectivity index (χ2n) is 14.1. The Bertz CT molecular complexity index is 2470. The van der Waals surface area contributed by atoms with Gasteiger partial charge in [-0.05, 0) is 58.0 Å². The maximum atomic E-state index is 4.98. The Balaban J connectivity index is 1.26. The summed E-state index contributed by atoms with van der Waals surface area (Å²) in [5, 5.41) is 2.54. The lowest BCUT2D eigenvalue weighted by molar-refractivity contribution is 0.301. The minimum Gasteiger partial charge on any atom is -0.309 e. The topological polar surface area (TPSA) is 43.6 Å². The molecule has 0 fully saturated rings. The van der Waals surface area contributed by atoms with Gasteiger partial charge in [0.25, 0.3) is 0 Å². The van der Waals surface area contributed by atoms with Gasteiger partial charge in [0, 0.05) is 38.6 Å². The van der Waals surface area contributed by atoms with E-state index >= 15 is 0 Å². The van der Waals surface area contributed by atoms with Gasteiger partial charge in [-0.15, -0.1) is 0 Å². The van der Waals surface area contributed by atoms with E-state index in [0.717, 1.165) is 22.4 Å². The van der Waals surface area contributed by atoms with Crippen molar-refractivity contribution in [1.29, 1.82) is 0 Å². The average molecular weight is 633 g/mol. The number of nitrogens with zero attached hydrogens (tertiary/aromatic N) is 4. The third kappa shape index (κ3) is 4.40. The number of hydrogen-bond donors (Lipinski definition) is 0. The molecule has 0 amide bonds. The highest BCUT2D eigenvalue weighted by Gasteiger charge is 2.47. The Labute approximate surface area is 286 Å². The summed E-state index contributed by atoms with van der Waals surface area (Å²) in [4.78, 5) is 14.8. The Kier molecular flexibility index (Phi) is 6.47. The van der Waals surface area contributed by atoms with E-state index in [1.165, 1.54) is 44.1 Å². The van der Waals surface area contributed by atoms with Crippen LogP contribution in [0.5, 0.6) is 0 Å². The molecule has 0 bridgehead atoms. The number of rotatable bonds is 4. The molecule has 1 aliphatic carbocycles. The Morgan fingerprint density at radius 1 is 0.429 bits per heavy atom. The first-order chi connectivity index (χ1) is 23.8. The minimum absolute atomic E-state index is 0.0817. The molecule has 0 atom stereocenters. The zero-order valence-electron chi connectivity index (χ0n) is 28.1. The summed E-state index contributed by atoms with van der Waals surface area (Å²) in [7, 11) is 0. The van der Waals surface area contributed by atoms with Crippen LogP contribution in [-0.4, -0.2) is 19.5 Å². The molecule has 0 N–H and O–H groups in total. The molecular formula is C45H36N4. The van der Waals surface area contributed by atoms with Crippen molar-refractivity contribution in [3.05, 3.63) is 157 Å². The van der Waals surface area contributed by atoms with Crippen LogP contribution < -0.4 is 0 Å². The van der Waals surface area contributed by atoms with Crippen LogP contribution in [0.4, 0.5) is 0 Å². The van der Waals surface area contributed by atoms with Crippen molar-refractivity contribution in [1.82, 2.24) is 19.5 Å². The summed E-state index contributed by atoms with van der Waals surface area (Å²) in [5.41, 5.74) is 11.7.